The highest BCUT2D eigenvalue weighted by molar-refractivity contribution is 7.86. The zero-order valence-corrected chi connectivity index (χ0v) is 13.0. The smallest absolute Gasteiger partial charge is 0.297 e. The third-order valence-corrected chi connectivity index (χ3v) is 5.18. The van der Waals surface area contributed by atoms with Crippen molar-refractivity contribution in [3.05, 3.63) is 29.8 Å². The van der Waals surface area contributed by atoms with Gasteiger partial charge in [0.05, 0.1) is 11.5 Å². The van der Waals surface area contributed by atoms with Crippen molar-refractivity contribution in [3.8, 4) is 0 Å². The topological polar surface area (TPSA) is 91.3 Å². The van der Waals surface area contributed by atoms with Crippen LogP contribution in [0.4, 0.5) is 0 Å². The van der Waals surface area contributed by atoms with E-state index in [2.05, 4.69) is 0 Å². The first-order chi connectivity index (χ1) is 10.4. The van der Waals surface area contributed by atoms with Gasteiger partial charge >= 0.3 is 0 Å². The first-order valence-corrected chi connectivity index (χ1v) is 8.31. The van der Waals surface area contributed by atoms with Gasteiger partial charge in [-0.05, 0) is 19.1 Å². The number of aliphatic hydroxyl groups is 1. The van der Waals surface area contributed by atoms with E-state index in [1.807, 2.05) is 6.92 Å². The molecule has 2 aliphatic rings. The standard InChI is InChI=1S/C14H18O7S/c1-8-3-5-9(6-4-8)22(16,17)21-13-12-11(15)10(7-19-12)20-14(13)18-2/h3-6,10-15H,7H2,1-2H3/t10-,11-,12-,13-,14+/m1/s1. The van der Waals surface area contributed by atoms with E-state index in [4.69, 9.17) is 18.4 Å². The van der Waals surface area contributed by atoms with Crippen LogP contribution >= 0.6 is 0 Å². The van der Waals surface area contributed by atoms with Gasteiger partial charge in [0.25, 0.3) is 10.1 Å². The molecule has 2 saturated heterocycles. The molecule has 1 N–H and O–H groups in total. The summed E-state index contributed by atoms with van der Waals surface area (Å²) in [5.41, 5.74) is 0.937. The summed E-state index contributed by atoms with van der Waals surface area (Å²) in [4.78, 5) is 0.0302. The molecule has 0 unspecified atom stereocenters. The Morgan fingerprint density at radius 3 is 2.59 bits per heavy atom. The van der Waals surface area contributed by atoms with Crippen molar-refractivity contribution in [1.82, 2.24) is 0 Å². The Balaban J connectivity index is 1.85. The Morgan fingerprint density at radius 1 is 1.27 bits per heavy atom. The highest BCUT2D eigenvalue weighted by Gasteiger charge is 2.53. The molecule has 0 radical (unpaired) electrons. The molecule has 1 aromatic carbocycles. The van der Waals surface area contributed by atoms with Crippen LogP contribution in [0.25, 0.3) is 0 Å². The second kappa shape index (κ2) is 5.88. The van der Waals surface area contributed by atoms with E-state index in [-0.39, 0.29) is 11.5 Å². The van der Waals surface area contributed by atoms with Gasteiger partial charge in [0.1, 0.15) is 18.3 Å². The number of hydrogen-bond acceptors (Lipinski definition) is 7. The van der Waals surface area contributed by atoms with Gasteiger partial charge in [-0.1, -0.05) is 17.7 Å². The largest absolute Gasteiger partial charge is 0.387 e. The molecule has 5 atom stereocenters. The molecule has 2 aliphatic heterocycles. The van der Waals surface area contributed by atoms with Gasteiger partial charge in [-0.15, -0.1) is 0 Å². The van der Waals surface area contributed by atoms with Crippen molar-refractivity contribution in [1.29, 1.82) is 0 Å². The minimum Gasteiger partial charge on any atom is -0.387 e. The summed E-state index contributed by atoms with van der Waals surface area (Å²) in [7, 11) is -2.63. The highest BCUT2D eigenvalue weighted by Crippen LogP contribution is 2.33. The predicted octanol–water partition coefficient (Wildman–Crippen LogP) is 0.200. The highest BCUT2D eigenvalue weighted by atomic mass is 32.2. The zero-order chi connectivity index (χ0) is 15.9. The van der Waals surface area contributed by atoms with Crippen molar-refractivity contribution in [2.75, 3.05) is 13.7 Å². The van der Waals surface area contributed by atoms with Crippen molar-refractivity contribution in [2.24, 2.45) is 0 Å². The van der Waals surface area contributed by atoms with Crippen LogP contribution in [0.2, 0.25) is 0 Å². The summed E-state index contributed by atoms with van der Waals surface area (Å²) in [6.07, 6.45) is -4.25. The van der Waals surface area contributed by atoms with Crippen LogP contribution in [0.3, 0.4) is 0 Å². The van der Waals surface area contributed by atoms with Crippen molar-refractivity contribution < 1.29 is 31.9 Å². The number of ether oxygens (including phenoxy) is 3. The first kappa shape index (κ1) is 15.9. The lowest BCUT2D eigenvalue weighted by atomic mass is 10.0. The number of hydrogen-bond donors (Lipinski definition) is 1. The number of aliphatic hydroxyl groups excluding tert-OH is 1. The maximum Gasteiger partial charge on any atom is 0.297 e. The lowest BCUT2D eigenvalue weighted by Gasteiger charge is -2.36. The summed E-state index contributed by atoms with van der Waals surface area (Å²) < 4.78 is 46.0. The first-order valence-electron chi connectivity index (χ1n) is 6.90. The van der Waals surface area contributed by atoms with Crippen LogP contribution in [0.1, 0.15) is 5.56 Å². The van der Waals surface area contributed by atoms with E-state index in [0.717, 1.165) is 5.56 Å². The third kappa shape index (κ3) is 2.78. The quantitative estimate of drug-likeness (QED) is 0.789. The fourth-order valence-electron chi connectivity index (χ4n) is 2.62. The molecular weight excluding hydrogens is 312 g/mol. The van der Waals surface area contributed by atoms with Crippen LogP contribution in [-0.4, -0.2) is 57.9 Å². The van der Waals surface area contributed by atoms with E-state index in [1.165, 1.54) is 19.2 Å². The molecule has 22 heavy (non-hydrogen) atoms. The average Bonchev–Trinajstić information content (AvgIpc) is 2.73. The monoisotopic (exact) mass is 330 g/mol. The fourth-order valence-corrected chi connectivity index (χ4v) is 3.70. The maximum absolute atomic E-state index is 12.4. The van der Waals surface area contributed by atoms with Crippen LogP contribution < -0.4 is 0 Å². The van der Waals surface area contributed by atoms with Crippen molar-refractivity contribution in [2.45, 2.75) is 42.5 Å². The molecule has 1 aromatic rings. The Labute approximate surface area is 128 Å². The normalized spacial score (nSPS) is 34.8. The maximum atomic E-state index is 12.4. The Morgan fingerprint density at radius 2 is 1.95 bits per heavy atom. The van der Waals surface area contributed by atoms with E-state index < -0.39 is 40.8 Å². The van der Waals surface area contributed by atoms with E-state index in [0.29, 0.717) is 0 Å². The molecule has 0 amide bonds. The zero-order valence-electron chi connectivity index (χ0n) is 12.2. The molecule has 2 bridgehead atoms. The van der Waals surface area contributed by atoms with Gasteiger partial charge in [0, 0.05) is 7.11 Å². The number of benzene rings is 1. The Hall–Kier alpha value is -1.03. The van der Waals surface area contributed by atoms with Crippen LogP contribution in [-0.2, 0) is 28.5 Å². The van der Waals surface area contributed by atoms with Gasteiger partial charge < -0.3 is 19.3 Å². The van der Waals surface area contributed by atoms with Gasteiger partial charge in [0.15, 0.2) is 12.4 Å². The molecule has 0 saturated carbocycles. The number of fused-ring (bicyclic) bond motifs is 2. The number of aryl methyl sites for hydroxylation is 1. The molecule has 2 heterocycles. The molecule has 0 aliphatic carbocycles. The SMILES string of the molecule is CO[C@H]1O[C@@H]2CO[C@H]([C@@H]2O)[C@H]1OS(=O)(=O)c1ccc(C)cc1. The molecule has 8 heteroatoms. The van der Waals surface area contributed by atoms with Crippen LogP contribution in [0.5, 0.6) is 0 Å². The Kier molecular flexibility index (Phi) is 4.23. The fraction of sp³-hybridized carbons (Fsp3) is 0.571. The summed E-state index contributed by atoms with van der Waals surface area (Å²) in [6.45, 7) is 2.03. The van der Waals surface area contributed by atoms with E-state index in [1.54, 1.807) is 12.1 Å². The lowest BCUT2D eigenvalue weighted by molar-refractivity contribution is -0.245. The minimum absolute atomic E-state index is 0.0302. The summed E-state index contributed by atoms with van der Waals surface area (Å²) in [5.74, 6) is 0. The Bertz CT molecular complexity index is 627. The van der Waals surface area contributed by atoms with Crippen LogP contribution in [0.15, 0.2) is 29.2 Å². The van der Waals surface area contributed by atoms with Crippen molar-refractivity contribution in [3.63, 3.8) is 0 Å². The van der Waals surface area contributed by atoms with Crippen LogP contribution in [0, 0.1) is 6.92 Å². The molecule has 2 fully saturated rings. The lowest BCUT2D eigenvalue weighted by Crippen LogP contribution is -2.55. The van der Waals surface area contributed by atoms with Crippen molar-refractivity contribution >= 4 is 10.1 Å². The second-order valence-corrected chi connectivity index (χ2v) is 6.97. The number of rotatable bonds is 4. The van der Waals surface area contributed by atoms with Gasteiger partial charge in [-0.25, -0.2) is 0 Å². The predicted molar refractivity (Wildman–Crippen MR) is 74.7 cm³/mol. The van der Waals surface area contributed by atoms with Gasteiger partial charge in [0.2, 0.25) is 0 Å². The molecule has 0 spiro atoms. The molecule has 122 valence electrons. The molecule has 3 rings (SSSR count). The minimum atomic E-state index is -4.02. The number of methoxy groups -OCH3 is 1. The van der Waals surface area contributed by atoms with E-state index >= 15 is 0 Å². The summed E-state index contributed by atoms with van der Waals surface area (Å²) >= 11 is 0. The summed E-state index contributed by atoms with van der Waals surface area (Å²) in [5, 5.41) is 10.0. The molecule has 0 aromatic heterocycles. The summed E-state index contributed by atoms with van der Waals surface area (Å²) in [6, 6.07) is 6.28. The second-order valence-electron chi connectivity index (χ2n) is 5.40. The molecular formula is C14H18O7S. The van der Waals surface area contributed by atoms with Gasteiger partial charge in [-0.3, -0.25) is 4.18 Å². The average molecular weight is 330 g/mol. The molecule has 7 nitrogen and oxygen atoms in total. The van der Waals surface area contributed by atoms with E-state index in [9.17, 15) is 13.5 Å². The van der Waals surface area contributed by atoms with Gasteiger partial charge in [-0.2, -0.15) is 8.42 Å². The third-order valence-electron chi connectivity index (χ3n) is 3.85.